The minimum atomic E-state index is -5.83. The first kappa shape index (κ1) is 14.7. The van der Waals surface area contributed by atoms with E-state index in [0.717, 1.165) is 5.56 Å². The van der Waals surface area contributed by atoms with E-state index in [2.05, 4.69) is 14.7 Å². The average Bonchev–Trinajstić information content (AvgIpc) is 2.61. The maximum Gasteiger partial charge on any atom is 0.501 e. The number of hydrogen-bond donors (Lipinski definition) is 0. The van der Waals surface area contributed by atoms with E-state index >= 15 is 0 Å². The van der Waals surface area contributed by atoms with Crippen LogP contribution in [0, 0.1) is 0 Å². The van der Waals surface area contributed by atoms with Crippen LogP contribution in [0.5, 0.6) is 6.01 Å². The van der Waals surface area contributed by atoms with Crippen molar-refractivity contribution in [1.29, 1.82) is 0 Å². The molecule has 8 heteroatoms. The van der Waals surface area contributed by atoms with Crippen LogP contribution in [0.25, 0.3) is 17.0 Å². The summed E-state index contributed by atoms with van der Waals surface area (Å²) in [5.74, 6) is 0. The normalized spacial score (nSPS) is 15.0. The molecule has 0 fully saturated rings. The van der Waals surface area contributed by atoms with Crippen molar-refractivity contribution in [2.45, 2.75) is 25.1 Å². The number of ether oxygens (including phenoxy) is 1. The molecular formula is C14H9F5N2O. The number of aryl methyl sites for hydroxylation is 1. The summed E-state index contributed by atoms with van der Waals surface area (Å²) in [4.78, 5) is 7.41. The fourth-order valence-corrected chi connectivity index (χ4v) is 2.23. The van der Waals surface area contributed by atoms with Crippen LogP contribution in [-0.4, -0.2) is 22.3 Å². The molecule has 3 rings (SSSR count). The lowest BCUT2D eigenvalue weighted by molar-refractivity contribution is -0.362. The summed E-state index contributed by atoms with van der Waals surface area (Å²) < 4.78 is 66.3. The van der Waals surface area contributed by atoms with Crippen molar-refractivity contribution in [2.75, 3.05) is 0 Å². The second-order valence-electron chi connectivity index (χ2n) is 4.75. The van der Waals surface area contributed by atoms with E-state index in [1.54, 1.807) is 12.1 Å². The Kier molecular flexibility index (Phi) is 3.26. The summed E-state index contributed by atoms with van der Waals surface area (Å²) in [7, 11) is 0. The topological polar surface area (TPSA) is 35.0 Å². The molecule has 1 aromatic heterocycles. The van der Waals surface area contributed by atoms with E-state index in [-0.39, 0.29) is 5.52 Å². The summed E-state index contributed by atoms with van der Waals surface area (Å²) in [6.07, 6.45) is -6.46. The molecule has 0 bridgehead atoms. The molecule has 1 aliphatic carbocycles. The molecule has 0 unspecified atom stereocenters. The van der Waals surface area contributed by atoms with E-state index in [9.17, 15) is 22.0 Å². The summed E-state index contributed by atoms with van der Waals surface area (Å²) >= 11 is 0. The monoisotopic (exact) mass is 316 g/mol. The third-order valence-electron chi connectivity index (χ3n) is 3.20. The molecule has 0 spiro atoms. The Bertz CT molecular complexity index is 755. The first-order valence-electron chi connectivity index (χ1n) is 6.38. The van der Waals surface area contributed by atoms with Gasteiger partial charge in [-0.15, -0.1) is 0 Å². The van der Waals surface area contributed by atoms with Gasteiger partial charge in [-0.2, -0.15) is 31.9 Å². The summed E-state index contributed by atoms with van der Waals surface area (Å²) in [6, 6.07) is 3.96. The smallest absolute Gasteiger partial charge is 0.392 e. The molecule has 0 aliphatic heterocycles. The van der Waals surface area contributed by atoms with Gasteiger partial charge >= 0.3 is 18.3 Å². The van der Waals surface area contributed by atoms with Crippen molar-refractivity contribution >= 4 is 17.0 Å². The Morgan fingerprint density at radius 3 is 2.55 bits per heavy atom. The number of allylic oxidation sites excluding steroid dienone is 1. The van der Waals surface area contributed by atoms with Crippen LogP contribution in [-0.2, 0) is 6.42 Å². The number of rotatable bonds is 2. The number of halogens is 5. The van der Waals surface area contributed by atoms with Gasteiger partial charge in [-0.05, 0) is 24.5 Å². The van der Waals surface area contributed by atoms with Gasteiger partial charge in [-0.3, -0.25) is 0 Å². The van der Waals surface area contributed by atoms with Gasteiger partial charge in [0.1, 0.15) is 0 Å². The quantitative estimate of drug-likeness (QED) is 0.782. The van der Waals surface area contributed by atoms with E-state index in [1.165, 1.54) is 6.07 Å². The zero-order valence-electron chi connectivity index (χ0n) is 11.0. The van der Waals surface area contributed by atoms with Crippen LogP contribution in [0.2, 0.25) is 0 Å². The van der Waals surface area contributed by atoms with E-state index in [1.807, 2.05) is 12.2 Å². The van der Waals surface area contributed by atoms with Gasteiger partial charge in [-0.25, -0.2) is 0 Å². The number of nitrogens with zero attached hydrogens (tertiary/aromatic N) is 2. The number of aromatic nitrogens is 2. The zero-order valence-corrected chi connectivity index (χ0v) is 11.0. The molecule has 0 N–H and O–H groups in total. The molecule has 0 amide bonds. The minimum absolute atomic E-state index is 0.266. The highest BCUT2D eigenvalue weighted by Crippen LogP contribution is 2.37. The van der Waals surface area contributed by atoms with Gasteiger partial charge in [0.2, 0.25) is 0 Å². The van der Waals surface area contributed by atoms with E-state index in [4.69, 9.17) is 0 Å². The van der Waals surface area contributed by atoms with Crippen molar-refractivity contribution in [3.63, 3.8) is 0 Å². The fraction of sp³-hybridized carbons (Fsp3) is 0.286. The first-order valence-corrected chi connectivity index (χ1v) is 6.38. The molecule has 3 nitrogen and oxygen atoms in total. The predicted octanol–water partition coefficient (Wildman–Crippen LogP) is 4.12. The molecule has 0 atom stereocenters. The molecule has 116 valence electrons. The largest absolute Gasteiger partial charge is 0.501 e. The fourth-order valence-electron chi connectivity index (χ4n) is 2.23. The van der Waals surface area contributed by atoms with Gasteiger partial charge in [0, 0.05) is 5.39 Å². The lowest BCUT2D eigenvalue weighted by Crippen LogP contribution is -2.42. The Hall–Kier alpha value is -2.25. The predicted molar refractivity (Wildman–Crippen MR) is 68.5 cm³/mol. The molecule has 0 radical (unpaired) electrons. The van der Waals surface area contributed by atoms with Crippen molar-refractivity contribution in [2.24, 2.45) is 0 Å². The number of hydrogen-bond acceptors (Lipinski definition) is 3. The van der Waals surface area contributed by atoms with Crippen LogP contribution in [0.4, 0.5) is 22.0 Å². The van der Waals surface area contributed by atoms with Gasteiger partial charge in [0.05, 0.1) is 11.2 Å². The van der Waals surface area contributed by atoms with Crippen LogP contribution in [0.3, 0.4) is 0 Å². The lowest BCUT2D eigenvalue weighted by atomic mass is 10.1. The first-order chi connectivity index (χ1) is 10.3. The molecule has 0 saturated carbocycles. The van der Waals surface area contributed by atoms with E-state index in [0.29, 0.717) is 23.9 Å². The lowest BCUT2D eigenvalue weighted by Gasteiger charge is -2.19. The molecule has 0 saturated heterocycles. The standard InChI is InChI=1S/C14H9F5N2O/c15-13(16,17)14(18,19)22-12-20-9-6-2-1-4-8-5-3-7-10(21-12)11(8)9/h1,3-5,7H,2,6H2. The van der Waals surface area contributed by atoms with Gasteiger partial charge in [-0.1, -0.05) is 24.3 Å². The molecule has 22 heavy (non-hydrogen) atoms. The minimum Gasteiger partial charge on any atom is -0.392 e. The highest BCUT2D eigenvalue weighted by molar-refractivity contribution is 5.90. The van der Waals surface area contributed by atoms with Crippen LogP contribution >= 0.6 is 0 Å². The summed E-state index contributed by atoms with van der Waals surface area (Å²) in [5.41, 5.74) is 1.44. The van der Waals surface area contributed by atoms with Gasteiger partial charge in [0.25, 0.3) is 0 Å². The van der Waals surface area contributed by atoms with Crippen LogP contribution in [0.1, 0.15) is 17.7 Å². The second kappa shape index (κ2) is 4.89. The SMILES string of the molecule is FC(F)(F)C(F)(F)Oc1nc2c3c(cccc3n1)C=CCC2. The Morgan fingerprint density at radius 1 is 1.05 bits per heavy atom. The molecule has 1 aliphatic rings. The van der Waals surface area contributed by atoms with Crippen molar-refractivity contribution < 1.29 is 26.7 Å². The van der Waals surface area contributed by atoms with Gasteiger partial charge in [0.15, 0.2) is 0 Å². The van der Waals surface area contributed by atoms with Crippen LogP contribution in [0.15, 0.2) is 24.3 Å². The number of alkyl halides is 5. The third kappa shape index (κ3) is 2.49. The van der Waals surface area contributed by atoms with Crippen molar-refractivity contribution in [3.05, 3.63) is 35.5 Å². The highest BCUT2D eigenvalue weighted by atomic mass is 19.4. The molecule has 1 heterocycles. The van der Waals surface area contributed by atoms with Crippen molar-refractivity contribution in [3.8, 4) is 6.01 Å². The summed E-state index contributed by atoms with van der Waals surface area (Å²) in [6.45, 7) is 0. The van der Waals surface area contributed by atoms with Crippen LogP contribution < -0.4 is 4.74 Å². The Balaban J connectivity index is 2.09. The zero-order chi connectivity index (χ0) is 16.0. The van der Waals surface area contributed by atoms with Crippen molar-refractivity contribution in [1.82, 2.24) is 9.97 Å². The van der Waals surface area contributed by atoms with E-state index < -0.39 is 18.3 Å². The third-order valence-corrected chi connectivity index (χ3v) is 3.20. The molecular weight excluding hydrogens is 307 g/mol. The highest BCUT2D eigenvalue weighted by Gasteiger charge is 2.61. The molecule has 2 aromatic rings. The maximum absolute atomic E-state index is 13.0. The number of benzene rings is 1. The molecule has 1 aromatic carbocycles. The second-order valence-corrected chi connectivity index (χ2v) is 4.75. The maximum atomic E-state index is 13.0. The average molecular weight is 316 g/mol. The van der Waals surface area contributed by atoms with Gasteiger partial charge < -0.3 is 4.74 Å². The Labute approximate surface area is 121 Å². The Morgan fingerprint density at radius 2 is 1.82 bits per heavy atom. The summed E-state index contributed by atoms with van der Waals surface area (Å²) in [5, 5.41) is 0.638.